The lowest BCUT2D eigenvalue weighted by Crippen LogP contribution is -2.49. The maximum Gasteiger partial charge on any atom is 0.282 e. The summed E-state index contributed by atoms with van der Waals surface area (Å²) < 4.78 is 28.8. The molecule has 1 saturated heterocycles. The maximum absolute atomic E-state index is 12.8. The fourth-order valence-electron chi connectivity index (χ4n) is 3.21. The van der Waals surface area contributed by atoms with Crippen molar-refractivity contribution < 1.29 is 8.42 Å². The first-order valence-electron chi connectivity index (χ1n) is 7.63. The van der Waals surface area contributed by atoms with Gasteiger partial charge in [-0.25, -0.2) is 0 Å². The molecule has 2 aliphatic heterocycles. The molecule has 2 heterocycles. The molecule has 2 N–H and O–H groups in total. The zero-order valence-electron chi connectivity index (χ0n) is 12.6. The maximum atomic E-state index is 12.8. The van der Waals surface area contributed by atoms with Gasteiger partial charge in [0.25, 0.3) is 10.2 Å². The summed E-state index contributed by atoms with van der Waals surface area (Å²) in [5.74, 6) is 0.471. The van der Waals surface area contributed by atoms with E-state index in [4.69, 9.17) is 5.73 Å². The largest absolute Gasteiger partial charge is 0.330 e. The molecular weight excluding hydrogens is 322 g/mol. The molecular formula is C15H24ClN3O2S. The fraction of sp³-hybridized carbons (Fsp3) is 0.600. The van der Waals surface area contributed by atoms with E-state index in [1.165, 1.54) is 5.56 Å². The first kappa shape index (κ1) is 17.7. The highest BCUT2D eigenvalue weighted by molar-refractivity contribution is 7.86. The van der Waals surface area contributed by atoms with E-state index >= 15 is 0 Å². The molecule has 0 atom stereocenters. The van der Waals surface area contributed by atoms with Crippen LogP contribution in [0.4, 0.5) is 0 Å². The van der Waals surface area contributed by atoms with Crippen LogP contribution >= 0.6 is 12.4 Å². The Morgan fingerprint density at radius 1 is 1.05 bits per heavy atom. The zero-order chi connectivity index (χ0) is 14.9. The molecule has 0 spiro atoms. The quantitative estimate of drug-likeness (QED) is 0.900. The Morgan fingerprint density at radius 2 is 1.68 bits per heavy atom. The number of hydrogen-bond acceptors (Lipinski definition) is 3. The summed E-state index contributed by atoms with van der Waals surface area (Å²) in [7, 11) is -3.33. The first-order valence-corrected chi connectivity index (χ1v) is 9.03. The fourth-order valence-corrected chi connectivity index (χ4v) is 4.83. The van der Waals surface area contributed by atoms with Crippen molar-refractivity contribution in [3.05, 3.63) is 35.4 Å². The first-order chi connectivity index (χ1) is 10.1. The third-order valence-electron chi connectivity index (χ3n) is 4.66. The summed E-state index contributed by atoms with van der Waals surface area (Å²) in [5.41, 5.74) is 8.07. The number of nitrogens with two attached hydrogens (primary N) is 1. The number of fused-ring (bicyclic) bond motifs is 1. The molecule has 0 aliphatic carbocycles. The van der Waals surface area contributed by atoms with Gasteiger partial charge in [0.15, 0.2) is 0 Å². The summed E-state index contributed by atoms with van der Waals surface area (Å²) in [4.78, 5) is 0. The van der Waals surface area contributed by atoms with Gasteiger partial charge in [-0.15, -0.1) is 12.4 Å². The van der Waals surface area contributed by atoms with Gasteiger partial charge in [-0.3, -0.25) is 0 Å². The van der Waals surface area contributed by atoms with Gasteiger partial charge in [0.2, 0.25) is 0 Å². The van der Waals surface area contributed by atoms with E-state index < -0.39 is 10.2 Å². The lowest BCUT2D eigenvalue weighted by atomic mass is 9.99. The second kappa shape index (κ2) is 7.27. The molecule has 1 aromatic rings. The number of piperidine rings is 1. The predicted octanol–water partition coefficient (Wildman–Crippen LogP) is 1.38. The molecule has 5 nitrogen and oxygen atoms in total. The van der Waals surface area contributed by atoms with Crippen LogP contribution < -0.4 is 5.73 Å². The van der Waals surface area contributed by atoms with Crippen molar-refractivity contribution in [2.45, 2.75) is 25.8 Å². The minimum atomic E-state index is -3.33. The van der Waals surface area contributed by atoms with Gasteiger partial charge >= 0.3 is 0 Å². The average Bonchev–Trinajstić information content (AvgIpc) is 2.54. The molecule has 0 saturated carbocycles. The second-order valence-corrected chi connectivity index (χ2v) is 7.87. The number of nitrogens with zero attached hydrogens (tertiary/aromatic N) is 2. The number of benzene rings is 1. The molecule has 3 rings (SSSR count). The molecule has 0 aromatic heterocycles. The molecule has 0 amide bonds. The van der Waals surface area contributed by atoms with Crippen LogP contribution in [0.25, 0.3) is 0 Å². The predicted molar refractivity (Wildman–Crippen MR) is 90.1 cm³/mol. The van der Waals surface area contributed by atoms with Gasteiger partial charge in [-0.1, -0.05) is 24.3 Å². The van der Waals surface area contributed by atoms with E-state index in [-0.39, 0.29) is 12.4 Å². The van der Waals surface area contributed by atoms with Crippen LogP contribution in [-0.2, 0) is 23.2 Å². The number of halogens is 1. The summed E-state index contributed by atoms with van der Waals surface area (Å²) >= 11 is 0. The van der Waals surface area contributed by atoms with Gasteiger partial charge in [0.05, 0.1) is 0 Å². The topological polar surface area (TPSA) is 66.6 Å². The monoisotopic (exact) mass is 345 g/mol. The lowest BCUT2D eigenvalue weighted by Gasteiger charge is -2.36. The summed E-state index contributed by atoms with van der Waals surface area (Å²) in [5, 5.41) is 0. The van der Waals surface area contributed by atoms with E-state index in [2.05, 4.69) is 6.07 Å². The van der Waals surface area contributed by atoms with Crippen LogP contribution in [0.3, 0.4) is 0 Å². The Kier molecular flexibility index (Phi) is 5.85. The molecule has 1 aromatic carbocycles. The summed E-state index contributed by atoms with van der Waals surface area (Å²) in [6.45, 7) is 2.93. The Bertz CT molecular complexity index is 601. The van der Waals surface area contributed by atoms with Crippen LogP contribution in [-0.4, -0.2) is 43.2 Å². The smallest absolute Gasteiger partial charge is 0.282 e. The van der Waals surface area contributed by atoms with Crippen molar-refractivity contribution in [3.63, 3.8) is 0 Å². The minimum Gasteiger partial charge on any atom is -0.330 e. The van der Waals surface area contributed by atoms with Crippen molar-refractivity contribution in [3.8, 4) is 0 Å². The van der Waals surface area contributed by atoms with Crippen LogP contribution in [0.1, 0.15) is 24.0 Å². The Hall–Kier alpha value is -0.660. The Labute approximate surface area is 139 Å². The van der Waals surface area contributed by atoms with E-state index in [9.17, 15) is 8.42 Å². The molecule has 0 radical (unpaired) electrons. The van der Waals surface area contributed by atoms with Crippen molar-refractivity contribution in [2.24, 2.45) is 11.7 Å². The third-order valence-corrected chi connectivity index (χ3v) is 6.64. The van der Waals surface area contributed by atoms with Crippen molar-refractivity contribution in [2.75, 3.05) is 26.2 Å². The van der Waals surface area contributed by atoms with Gasteiger partial charge in [0.1, 0.15) is 0 Å². The average molecular weight is 346 g/mol. The van der Waals surface area contributed by atoms with Crippen molar-refractivity contribution in [1.82, 2.24) is 8.61 Å². The number of rotatable bonds is 3. The van der Waals surface area contributed by atoms with Crippen LogP contribution in [0.5, 0.6) is 0 Å². The molecule has 7 heteroatoms. The SMILES string of the molecule is Cl.NCC1CCN(S(=O)(=O)N2CCc3ccccc3C2)CC1. The normalized spacial score (nSPS) is 21.1. The van der Waals surface area contributed by atoms with Crippen molar-refractivity contribution in [1.29, 1.82) is 0 Å². The summed E-state index contributed by atoms with van der Waals surface area (Å²) in [6, 6.07) is 8.10. The zero-order valence-corrected chi connectivity index (χ0v) is 14.3. The highest BCUT2D eigenvalue weighted by Crippen LogP contribution is 2.25. The van der Waals surface area contributed by atoms with Gasteiger partial charge < -0.3 is 5.73 Å². The van der Waals surface area contributed by atoms with Gasteiger partial charge in [0, 0.05) is 26.2 Å². The highest BCUT2D eigenvalue weighted by atomic mass is 35.5. The summed E-state index contributed by atoms with van der Waals surface area (Å²) in [6.07, 6.45) is 2.55. The molecule has 0 unspecified atom stereocenters. The molecule has 22 heavy (non-hydrogen) atoms. The van der Waals surface area contributed by atoms with Crippen molar-refractivity contribution >= 4 is 22.6 Å². The molecule has 124 valence electrons. The minimum absolute atomic E-state index is 0. The molecule has 1 fully saturated rings. The standard InChI is InChI=1S/C15H23N3O2S.ClH/c16-11-13-5-8-17(9-6-13)21(19,20)18-10-7-14-3-1-2-4-15(14)12-18;/h1-4,13H,5-12,16H2;1H. The van der Waals surface area contributed by atoms with Gasteiger partial charge in [-0.05, 0) is 42.9 Å². The van der Waals surface area contributed by atoms with Crippen LogP contribution in [0, 0.1) is 5.92 Å². The second-order valence-electron chi connectivity index (χ2n) is 5.94. The highest BCUT2D eigenvalue weighted by Gasteiger charge is 2.34. The lowest BCUT2D eigenvalue weighted by molar-refractivity contribution is 0.253. The molecule has 2 aliphatic rings. The molecule has 0 bridgehead atoms. The number of hydrogen-bond donors (Lipinski definition) is 1. The van der Waals surface area contributed by atoms with E-state index in [1.807, 2.05) is 18.2 Å². The third kappa shape index (κ3) is 3.46. The van der Waals surface area contributed by atoms with E-state index in [1.54, 1.807) is 8.61 Å². The Balaban J connectivity index is 0.00000176. The van der Waals surface area contributed by atoms with E-state index in [0.29, 0.717) is 38.6 Å². The van der Waals surface area contributed by atoms with Crippen LogP contribution in [0.15, 0.2) is 24.3 Å². The Morgan fingerprint density at radius 3 is 2.32 bits per heavy atom. The van der Waals surface area contributed by atoms with E-state index in [0.717, 1.165) is 24.8 Å². The van der Waals surface area contributed by atoms with Gasteiger partial charge in [-0.2, -0.15) is 17.0 Å². The van der Waals surface area contributed by atoms with Crippen LogP contribution in [0.2, 0.25) is 0 Å².